The molecule has 1 aromatic heterocycles. The third kappa shape index (κ3) is 5.33. The molecule has 2 aliphatic heterocycles. The number of nitrogens with zero attached hydrogens (tertiary/aromatic N) is 3. The number of carbonyl (C=O) groups excluding carboxylic acids is 2. The highest BCUT2D eigenvalue weighted by molar-refractivity contribution is 7.98. The van der Waals surface area contributed by atoms with Crippen molar-refractivity contribution in [1.29, 1.82) is 0 Å². The van der Waals surface area contributed by atoms with Gasteiger partial charge in [-0.3, -0.25) is 9.59 Å². The standard InChI is InChI=1S/C28H31N5O2S/c1-19-6-7-20(2)22(15-19)17-36-18-25-27(34)31-24-16-21(8-9-23(24)30-25)28(35)33-13-11-32(12-14-33)26-5-3-4-10-29-26/h3-10,15-16,25,30H,11-14,17-18H2,1-2H3,(H,31,34)/t25-/m0/s1. The molecule has 5 rings (SSSR count). The predicted octanol–water partition coefficient (Wildman–Crippen LogP) is 4.33. The van der Waals surface area contributed by atoms with E-state index < -0.39 is 0 Å². The lowest BCUT2D eigenvalue weighted by Gasteiger charge is -2.35. The van der Waals surface area contributed by atoms with Gasteiger partial charge in [-0.2, -0.15) is 11.8 Å². The Morgan fingerprint density at radius 1 is 1.03 bits per heavy atom. The number of hydrogen-bond donors (Lipinski definition) is 2. The molecule has 1 fully saturated rings. The summed E-state index contributed by atoms with van der Waals surface area (Å²) in [5, 5.41) is 6.36. The van der Waals surface area contributed by atoms with Crippen LogP contribution in [0.5, 0.6) is 0 Å². The molecule has 2 aliphatic rings. The molecule has 0 saturated carbocycles. The zero-order valence-corrected chi connectivity index (χ0v) is 21.5. The summed E-state index contributed by atoms with van der Waals surface area (Å²) in [5.41, 5.74) is 5.93. The summed E-state index contributed by atoms with van der Waals surface area (Å²) < 4.78 is 0. The Hall–Kier alpha value is -3.52. The number of benzene rings is 2. The van der Waals surface area contributed by atoms with E-state index in [1.807, 2.05) is 35.2 Å². The van der Waals surface area contributed by atoms with Crippen LogP contribution in [0.1, 0.15) is 27.0 Å². The maximum Gasteiger partial charge on any atom is 0.254 e. The van der Waals surface area contributed by atoms with Crippen molar-refractivity contribution < 1.29 is 9.59 Å². The number of piperazine rings is 1. The molecule has 7 nitrogen and oxygen atoms in total. The van der Waals surface area contributed by atoms with Gasteiger partial charge in [-0.1, -0.05) is 29.8 Å². The molecular weight excluding hydrogens is 470 g/mol. The number of pyridine rings is 1. The van der Waals surface area contributed by atoms with Crippen molar-refractivity contribution in [3.63, 3.8) is 0 Å². The molecule has 0 radical (unpaired) electrons. The second-order valence-electron chi connectivity index (χ2n) is 9.36. The number of thioether (sulfide) groups is 1. The average Bonchev–Trinajstić information content (AvgIpc) is 2.91. The number of hydrogen-bond acceptors (Lipinski definition) is 6. The number of aromatic nitrogens is 1. The van der Waals surface area contributed by atoms with Crippen molar-refractivity contribution in [2.24, 2.45) is 0 Å². The largest absolute Gasteiger partial charge is 0.371 e. The predicted molar refractivity (Wildman–Crippen MR) is 147 cm³/mol. The summed E-state index contributed by atoms with van der Waals surface area (Å²) >= 11 is 1.75. The van der Waals surface area contributed by atoms with Gasteiger partial charge in [-0.15, -0.1) is 0 Å². The minimum atomic E-state index is -0.311. The van der Waals surface area contributed by atoms with Crippen LogP contribution in [0.3, 0.4) is 0 Å². The quantitative estimate of drug-likeness (QED) is 0.524. The lowest BCUT2D eigenvalue weighted by atomic mass is 10.1. The van der Waals surface area contributed by atoms with Crippen LogP contribution in [0, 0.1) is 13.8 Å². The summed E-state index contributed by atoms with van der Waals surface area (Å²) in [6, 6.07) is 17.6. The Morgan fingerprint density at radius 3 is 2.64 bits per heavy atom. The zero-order valence-electron chi connectivity index (χ0n) is 20.7. The molecule has 0 bridgehead atoms. The minimum absolute atomic E-state index is 0.0149. The molecule has 2 amide bonds. The molecule has 0 aliphatic carbocycles. The molecule has 36 heavy (non-hydrogen) atoms. The molecule has 3 heterocycles. The van der Waals surface area contributed by atoms with Gasteiger partial charge < -0.3 is 20.4 Å². The number of nitrogens with one attached hydrogen (secondary N) is 2. The Labute approximate surface area is 216 Å². The Morgan fingerprint density at radius 2 is 1.86 bits per heavy atom. The van der Waals surface area contributed by atoms with Crippen LogP contribution >= 0.6 is 11.8 Å². The number of rotatable bonds is 6. The highest BCUT2D eigenvalue weighted by Crippen LogP contribution is 2.30. The van der Waals surface area contributed by atoms with Crippen molar-refractivity contribution in [2.45, 2.75) is 25.6 Å². The van der Waals surface area contributed by atoms with E-state index in [-0.39, 0.29) is 17.9 Å². The number of anilines is 3. The highest BCUT2D eigenvalue weighted by atomic mass is 32.2. The number of amides is 2. The van der Waals surface area contributed by atoms with Gasteiger partial charge in [0.05, 0.1) is 11.4 Å². The van der Waals surface area contributed by atoms with E-state index in [1.54, 1.807) is 24.0 Å². The van der Waals surface area contributed by atoms with Gasteiger partial charge in [0.1, 0.15) is 11.9 Å². The summed E-state index contributed by atoms with van der Waals surface area (Å²) in [4.78, 5) is 34.4. The number of fused-ring (bicyclic) bond motifs is 1. The molecule has 3 aromatic rings. The SMILES string of the molecule is Cc1ccc(C)c(CSC[C@@H]2Nc3ccc(C(=O)N4CCN(c5ccccn5)CC4)cc3NC2=O)c1. The van der Waals surface area contributed by atoms with Crippen molar-refractivity contribution in [3.8, 4) is 0 Å². The highest BCUT2D eigenvalue weighted by Gasteiger charge is 2.28. The normalized spacial score (nSPS) is 17.3. The first-order valence-electron chi connectivity index (χ1n) is 12.3. The maximum atomic E-state index is 13.2. The molecule has 2 aromatic carbocycles. The van der Waals surface area contributed by atoms with Gasteiger partial charge in [0.15, 0.2) is 0 Å². The lowest BCUT2D eigenvalue weighted by Crippen LogP contribution is -2.49. The summed E-state index contributed by atoms with van der Waals surface area (Å²) in [5.74, 6) is 2.39. The second-order valence-corrected chi connectivity index (χ2v) is 10.4. The first-order valence-corrected chi connectivity index (χ1v) is 13.4. The second kappa shape index (κ2) is 10.6. The summed E-state index contributed by atoms with van der Waals surface area (Å²) in [6.45, 7) is 6.98. The van der Waals surface area contributed by atoms with Gasteiger partial charge in [0, 0.05) is 49.4 Å². The fourth-order valence-corrected chi connectivity index (χ4v) is 5.72. The summed E-state index contributed by atoms with van der Waals surface area (Å²) in [7, 11) is 0. The number of carbonyl (C=O) groups is 2. The average molecular weight is 502 g/mol. The monoisotopic (exact) mass is 501 g/mol. The van der Waals surface area contributed by atoms with Gasteiger partial charge >= 0.3 is 0 Å². The maximum absolute atomic E-state index is 13.2. The van der Waals surface area contributed by atoms with E-state index in [0.29, 0.717) is 30.1 Å². The van der Waals surface area contributed by atoms with Crippen LogP contribution in [0.25, 0.3) is 0 Å². The first-order chi connectivity index (χ1) is 17.5. The van der Waals surface area contributed by atoms with Crippen LogP contribution in [0.15, 0.2) is 60.8 Å². The smallest absolute Gasteiger partial charge is 0.254 e. The van der Waals surface area contributed by atoms with Crippen LogP contribution < -0.4 is 15.5 Å². The van der Waals surface area contributed by atoms with Gasteiger partial charge in [-0.25, -0.2) is 4.98 Å². The molecule has 1 saturated heterocycles. The third-order valence-electron chi connectivity index (χ3n) is 6.76. The summed E-state index contributed by atoms with van der Waals surface area (Å²) in [6.07, 6.45) is 1.79. The Kier molecular flexibility index (Phi) is 7.13. The zero-order chi connectivity index (χ0) is 25.1. The Bertz CT molecular complexity index is 1260. The molecule has 0 unspecified atom stereocenters. The van der Waals surface area contributed by atoms with Crippen molar-refractivity contribution in [3.05, 3.63) is 83.0 Å². The van der Waals surface area contributed by atoms with Crippen LogP contribution in [0.2, 0.25) is 0 Å². The van der Waals surface area contributed by atoms with E-state index in [1.165, 1.54) is 16.7 Å². The Balaban J connectivity index is 1.17. The van der Waals surface area contributed by atoms with Gasteiger partial charge in [-0.05, 0) is 55.3 Å². The fraction of sp³-hybridized carbons (Fsp3) is 0.321. The minimum Gasteiger partial charge on any atom is -0.371 e. The topological polar surface area (TPSA) is 77.6 Å². The molecule has 8 heteroatoms. The van der Waals surface area contributed by atoms with Crippen molar-refractivity contribution >= 4 is 40.8 Å². The van der Waals surface area contributed by atoms with E-state index in [2.05, 4.69) is 52.6 Å². The molecule has 0 spiro atoms. The molecular formula is C28H31N5O2S. The van der Waals surface area contributed by atoms with E-state index in [0.717, 1.165) is 30.3 Å². The third-order valence-corrected chi connectivity index (χ3v) is 7.84. The van der Waals surface area contributed by atoms with E-state index >= 15 is 0 Å². The van der Waals surface area contributed by atoms with Crippen molar-refractivity contribution in [1.82, 2.24) is 9.88 Å². The molecule has 1 atom stereocenters. The number of aryl methyl sites for hydroxylation is 2. The lowest BCUT2D eigenvalue weighted by molar-refractivity contribution is -0.116. The van der Waals surface area contributed by atoms with E-state index in [9.17, 15) is 9.59 Å². The first kappa shape index (κ1) is 24.2. The fourth-order valence-electron chi connectivity index (χ4n) is 4.60. The molecule has 2 N–H and O–H groups in total. The van der Waals surface area contributed by atoms with Gasteiger partial charge in [0.2, 0.25) is 5.91 Å². The van der Waals surface area contributed by atoms with Crippen LogP contribution in [-0.4, -0.2) is 59.7 Å². The van der Waals surface area contributed by atoms with Crippen LogP contribution in [-0.2, 0) is 10.5 Å². The van der Waals surface area contributed by atoms with E-state index in [4.69, 9.17) is 0 Å². The van der Waals surface area contributed by atoms with Crippen molar-refractivity contribution in [2.75, 3.05) is 47.5 Å². The molecule has 186 valence electrons. The van der Waals surface area contributed by atoms with Crippen LogP contribution in [0.4, 0.5) is 17.2 Å². The van der Waals surface area contributed by atoms with Gasteiger partial charge in [0.25, 0.3) is 5.91 Å².